The highest BCUT2D eigenvalue weighted by Crippen LogP contribution is 2.59. The number of carbonyl (C=O) groups is 1. The van der Waals surface area contributed by atoms with Crippen LogP contribution in [0.2, 0.25) is 0 Å². The zero-order chi connectivity index (χ0) is 17.1. The Bertz CT molecular complexity index is 832. The van der Waals surface area contributed by atoms with E-state index in [0.717, 1.165) is 40.5 Å². The number of phenols is 1. The Kier molecular flexibility index (Phi) is 3.35. The van der Waals surface area contributed by atoms with Crippen molar-refractivity contribution in [3.8, 4) is 17.0 Å². The second-order valence-corrected chi connectivity index (χ2v) is 7.76. The maximum absolute atomic E-state index is 12.0. The highest BCUT2D eigenvalue weighted by atomic mass is 32.1. The van der Waals surface area contributed by atoms with Crippen LogP contribution in [0.5, 0.6) is 5.75 Å². The number of methoxy groups -OCH3 is 1. The monoisotopic (exact) mass is 344 g/mol. The zero-order valence-corrected chi connectivity index (χ0v) is 14.8. The van der Waals surface area contributed by atoms with Gasteiger partial charge in [0.25, 0.3) is 0 Å². The zero-order valence-electron chi connectivity index (χ0n) is 14.0. The minimum Gasteiger partial charge on any atom is -0.507 e. The van der Waals surface area contributed by atoms with Gasteiger partial charge in [0.2, 0.25) is 0 Å². The van der Waals surface area contributed by atoms with Gasteiger partial charge in [0.1, 0.15) is 5.75 Å². The number of aromatic nitrogens is 1. The van der Waals surface area contributed by atoms with Crippen LogP contribution in [0.3, 0.4) is 0 Å². The van der Waals surface area contributed by atoms with Crippen molar-refractivity contribution < 1.29 is 14.6 Å². The molecule has 1 aromatic heterocycles. The Morgan fingerprint density at radius 3 is 3.00 bits per heavy atom. The molecule has 2 aromatic rings. The molecule has 1 saturated heterocycles. The number of benzene rings is 1. The van der Waals surface area contributed by atoms with E-state index in [4.69, 9.17) is 9.72 Å². The maximum Gasteiger partial charge on any atom is 0.313 e. The highest BCUT2D eigenvalue weighted by molar-refractivity contribution is 7.14. The molecule has 1 N–H and O–H groups in total. The van der Waals surface area contributed by atoms with Gasteiger partial charge in [0.15, 0.2) is 5.13 Å². The van der Waals surface area contributed by atoms with Crippen LogP contribution in [-0.2, 0) is 9.53 Å². The molecule has 0 spiro atoms. The van der Waals surface area contributed by atoms with Crippen molar-refractivity contribution in [1.29, 1.82) is 0 Å². The number of hydrogen-bond donors (Lipinski definition) is 1. The molecule has 2 atom stereocenters. The number of nitrogens with zero attached hydrogens (tertiary/aromatic N) is 2. The maximum atomic E-state index is 12.0. The summed E-state index contributed by atoms with van der Waals surface area (Å²) >= 11 is 1.55. The molecule has 2 fully saturated rings. The normalized spacial score (nSPS) is 24.8. The van der Waals surface area contributed by atoms with Crippen molar-refractivity contribution in [2.75, 3.05) is 25.1 Å². The van der Waals surface area contributed by atoms with Gasteiger partial charge in [-0.05, 0) is 43.4 Å². The molecular weight excluding hydrogens is 324 g/mol. The molecule has 6 heteroatoms. The Labute approximate surface area is 144 Å². The number of esters is 1. The number of ether oxygens (including phenoxy) is 1. The number of hydrogen-bond acceptors (Lipinski definition) is 6. The van der Waals surface area contributed by atoms with Crippen molar-refractivity contribution in [2.24, 2.45) is 11.3 Å². The summed E-state index contributed by atoms with van der Waals surface area (Å²) in [5, 5.41) is 13.2. The van der Waals surface area contributed by atoms with Crippen LogP contribution in [0.4, 0.5) is 5.13 Å². The van der Waals surface area contributed by atoms with Crippen molar-refractivity contribution >= 4 is 22.4 Å². The summed E-state index contributed by atoms with van der Waals surface area (Å²) in [4.78, 5) is 18.9. The van der Waals surface area contributed by atoms with Gasteiger partial charge in [-0.25, -0.2) is 4.98 Å². The first-order valence-electron chi connectivity index (χ1n) is 8.04. The number of carbonyl (C=O) groups excluding carboxylic acids is 1. The second-order valence-electron chi connectivity index (χ2n) is 6.92. The smallest absolute Gasteiger partial charge is 0.313 e. The first kappa shape index (κ1) is 15.4. The lowest BCUT2D eigenvalue weighted by Crippen LogP contribution is -2.29. The van der Waals surface area contributed by atoms with E-state index in [1.165, 1.54) is 7.11 Å². The number of thiazole rings is 1. The molecule has 24 heavy (non-hydrogen) atoms. The van der Waals surface area contributed by atoms with Crippen LogP contribution in [0, 0.1) is 25.2 Å². The Balaban J connectivity index is 1.60. The topological polar surface area (TPSA) is 62.7 Å². The third kappa shape index (κ3) is 2.20. The summed E-state index contributed by atoms with van der Waals surface area (Å²) in [7, 11) is 1.46. The molecule has 0 amide bonds. The molecule has 2 heterocycles. The molecule has 1 aliphatic carbocycles. The van der Waals surface area contributed by atoms with Crippen LogP contribution >= 0.6 is 11.3 Å². The van der Waals surface area contributed by atoms with Crippen LogP contribution < -0.4 is 4.90 Å². The molecule has 1 saturated carbocycles. The number of aryl methyl sites for hydroxylation is 2. The quantitative estimate of drug-likeness (QED) is 0.867. The van der Waals surface area contributed by atoms with E-state index >= 15 is 0 Å². The van der Waals surface area contributed by atoms with Gasteiger partial charge < -0.3 is 14.7 Å². The van der Waals surface area contributed by atoms with Gasteiger partial charge in [-0.3, -0.25) is 4.79 Å². The SMILES string of the molecule is COC(=O)[C@]12C[C@H]1CN(c1nc(-c3cc(C)cc(C)c3O)cs1)C2. The molecule has 2 aliphatic rings. The molecule has 1 aliphatic heterocycles. The number of fused-ring (bicyclic) bond motifs is 1. The van der Waals surface area contributed by atoms with E-state index in [1.807, 2.05) is 31.4 Å². The van der Waals surface area contributed by atoms with E-state index < -0.39 is 0 Å². The van der Waals surface area contributed by atoms with Crippen LogP contribution in [0.25, 0.3) is 11.3 Å². The van der Waals surface area contributed by atoms with Crippen LogP contribution in [-0.4, -0.2) is 36.3 Å². The van der Waals surface area contributed by atoms with Crippen molar-refractivity contribution in [3.63, 3.8) is 0 Å². The highest BCUT2D eigenvalue weighted by Gasteiger charge is 2.66. The van der Waals surface area contributed by atoms with Crippen LogP contribution in [0.15, 0.2) is 17.5 Å². The number of aromatic hydroxyl groups is 1. The van der Waals surface area contributed by atoms with E-state index in [2.05, 4.69) is 4.90 Å². The molecule has 5 nitrogen and oxygen atoms in total. The van der Waals surface area contributed by atoms with Crippen molar-refractivity contribution in [3.05, 3.63) is 28.6 Å². The summed E-state index contributed by atoms with van der Waals surface area (Å²) in [6.07, 6.45) is 0.923. The minimum absolute atomic E-state index is 0.0984. The number of anilines is 1. The second kappa shape index (κ2) is 5.21. The average Bonchev–Trinajstić information content (AvgIpc) is 2.94. The molecule has 126 valence electrons. The molecule has 1 aromatic carbocycles. The van der Waals surface area contributed by atoms with Gasteiger partial charge in [-0.15, -0.1) is 11.3 Å². The lowest BCUT2D eigenvalue weighted by Gasteiger charge is -2.18. The van der Waals surface area contributed by atoms with Crippen molar-refractivity contribution in [2.45, 2.75) is 20.3 Å². The first-order valence-corrected chi connectivity index (χ1v) is 8.92. The Morgan fingerprint density at radius 1 is 1.46 bits per heavy atom. The predicted octanol–water partition coefficient (Wildman–Crippen LogP) is 3.13. The molecule has 0 radical (unpaired) electrons. The lowest BCUT2D eigenvalue weighted by molar-refractivity contribution is -0.146. The van der Waals surface area contributed by atoms with E-state index in [1.54, 1.807) is 11.3 Å². The number of phenolic OH excluding ortho intramolecular Hbond substituents is 1. The van der Waals surface area contributed by atoms with Gasteiger partial charge in [0, 0.05) is 24.0 Å². The van der Waals surface area contributed by atoms with Gasteiger partial charge >= 0.3 is 5.97 Å². The fraction of sp³-hybridized carbons (Fsp3) is 0.444. The minimum atomic E-state index is -0.317. The summed E-state index contributed by atoms with van der Waals surface area (Å²) < 4.78 is 4.96. The number of rotatable bonds is 3. The summed E-state index contributed by atoms with van der Waals surface area (Å²) in [6, 6.07) is 3.92. The molecule has 0 bridgehead atoms. The van der Waals surface area contributed by atoms with E-state index in [-0.39, 0.29) is 17.1 Å². The fourth-order valence-corrected chi connectivity index (χ4v) is 4.67. The molecule has 4 rings (SSSR count). The third-order valence-electron chi connectivity index (χ3n) is 5.22. The van der Waals surface area contributed by atoms with Gasteiger partial charge in [0.05, 0.1) is 18.2 Å². The Hall–Kier alpha value is -2.08. The summed E-state index contributed by atoms with van der Waals surface area (Å²) in [6.45, 7) is 5.43. The van der Waals surface area contributed by atoms with Gasteiger partial charge in [-0.2, -0.15) is 0 Å². The van der Waals surface area contributed by atoms with Crippen LogP contribution in [0.1, 0.15) is 17.5 Å². The summed E-state index contributed by atoms with van der Waals surface area (Å²) in [5.74, 6) is 0.568. The first-order chi connectivity index (χ1) is 11.4. The average molecular weight is 344 g/mol. The van der Waals surface area contributed by atoms with Crippen molar-refractivity contribution in [1.82, 2.24) is 4.98 Å². The molecular formula is C18H20N2O3S. The number of piperidine rings is 1. The Morgan fingerprint density at radius 2 is 2.25 bits per heavy atom. The predicted molar refractivity (Wildman–Crippen MR) is 93.5 cm³/mol. The summed E-state index contributed by atoms with van der Waals surface area (Å²) in [5.41, 5.74) is 3.19. The molecule has 0 unspecified atom stereocenters. The van der Waals surface area contributed by atoms with E-state index in [0.29, 0.717) is 12.5 Å². The standard InChI is InChI=1S/C18H20N2O3S/c1-10-4-11(2)15(21)13(5-10)14-8-24-17(19-14)20-7-12-6-18(12,9-20)16(22)23-3/h4-5,8,12,21H,6-7,9H2,1-3H3/t12-,18-/m0/s1. The third-order valence-corrected chi connectivity index (χ3v) is 6.12. The van der Waals surface area contributed by atoms with E-state index in [9.17, 15) is 9.90 Å². The largest absolute Gasteiger partial charge is 0.507 e. The van der Waals surface area contributed by atoms with Gasteiger partial charge in [-0.1, -0.05) is 6.07 Å². The fourth-order valence-electron chi connectivity index (χ4n) is 3.84. The lowest BCUT2D eigenvalue weighted by atomic mass is 10.0.